The van der Waals surface area contributed by atoms with E-state index < -0.39 is 70.3 Å². The van der Waals surface area contributed by atoms with E-state index in [4.69, 9.17) is 9.39 Å². The molecule has 4 amide bonds. The molecular weight excluding hydrogens is 685 g/mol. The fourth-order valence-corrected chi connectivity index (χ4v) is 9.17. The number of amides is 4. The van der Waals surface area contributed by atoms with Crippen molar-refractivity contribution >= 4 is 35.2 Å². The molecule has 2 heterocycles. The van der Waals surface area contributed by atoms with Crippen LogP contribution < -0.4 is 10.6 Å². The second kappa shape index (κ2) is 15.1. The number of likely N-dealkylation sites (N-methyl/N-ethyl adjacent to an activating group) is 1. The highest BCUT2D eigenvalue weighted by molar-refractivity contribution is 7.88. The average Bonchev–Trinajstić information content (AvgIpc) is 3.68. The Balaban J connectivity index is 1.32. The summed E-state index contributed by atoms with van der Waals surface area (Å²) in [7, 11) is -3.33. The monoisotopic (exact) mass is 745 g/mol. The number of hydrogen-bond acceptors (Lipinski definition) is 8. The molecule has 0 radical (unpaired) electrons. The van der Waals surface area contributed by atoms with Crippen molar-refractivity contribution in [2.45, 2.75) is 130 Å². The predicted octanol–water partition coefficient (Wildman–Crippen LogP) is 4.13. The highest BCUT2D eigenvalue weighted by Crippen LogP contribution is 2.63. The third-order valence-corrected chi connectivity index (χ3v) is 13.7. The number of ether oxygens (including phenoxy) is 1. The van der Waals surface area contributed by atoms with Crippen molar-refractivity contribution in [3.05, 3.63) is 35.4 Å². The number of carbonyl (C=O) groups excluding carboxylic acids is 3. The molecule has 7 atom stereocenters. The summed E-state index contributed by atoms with van der Waals surface area (Å²) < 4.78 is 38.1. The highest BCUT2D eigenvalue weighted by atomic mass is 32.2. The van der Waals surface area contributed by atoms with Crippen molar-refractivity contribution in [3.8, 4) is 0 Å². The number of urea groups is 1. The van der Waals surface area contributed by atoms with Gasteiger partial charge in [0.2, 0.25) is 15.9 Å². The van der Waals surface area contributed by atoms with Crippen LogP contribution in [0.5, 0.6) is 0 Å². The summed E-state index contributed by atoms with van der Waals surface area (Å²) in [5, 5.41) is 17.5. The molecular formula is C37H60BN5O8S. The lowest BCUT2D eigenvalue weighted by Gasteiger charge is -2.64. The number of nitrogens with zero attached hydrogens (tertiary/aromatic N) is 3. The van der Waals surface area contributed by atoms with E-state index in [1.165, 1.54) is 16.3 Å². The third kappa shape index (κ3) is 8.58. The second-order valence-corrected chi connectivity index (χ2v) is 19.6. The second-order valence-electron chi connectivity index (χ2n) is 17.5. The van der Waals surface area contributed by atoms with E-state index in [2.05, 4.69) is 31.4 Å². The molecule has 0 unspecified atom stereocenters. The number of benzene rings is 1. The first-order valence-corrected chi connectivity index (χ1v) is 20.7. The normalized spacial score (nSPS) is 27.8. The van der Waals surface area contributed by atoms with E-state index in [0.29, 0.717) is 37.8 Å². The first kappa shape index (κ1) is 40.3. The van der Waals surface area contributed by atoms with Gasteiger partial charge in [-0.05, 0) is 66.4 Å². The van der Waals surface area contributed by atoms with Crippen LogP contribution in [0.1, 0.15) is 98.1 Å². The van der Waals surface area contributed by atoms with Gasteiger partial charge in [0, 0.05) is 39.1 Å². The Bertz CT molecular complexity index is 1580. The van der Waals surface area contributed by atoms with Gasteiger partial charge in [0.15, 0.2) is 0 Å². The van der Waals surface area contributed by atoms with Gasteiger partial charge in [-0.25, -0.2) is 22.3 Å². The van der Waals surface area contributed by atoms with Gasteiger partial charge in [0.05, 0.1) is 24.3 Å². The Labute approximate surface area is 310 Å². The Morgan fingerprint density at radius 2 is 1.73 bits per heavy atom. The van der Waals surface area contributed by atoms with Crippen LogP contribution in [0.2, 0.25) is 0 Å². The van der Waals surface area contributed by atoms with Crippen molar-refractivity contribution in [1.82, 2.24) is 24.7 Å². The minimum atomic E-state index is -3.53. The zero-order valence-electron chi connectivity index (χ0n) is 32.5. The van der Waals surface area contributed by atoms with Crippen LogP contribution in [-0.2, 0) is 37.3 Å². The largest absolute Gasteiger partial charge is 0.478 e. The van der Waals surface area contributed by atoms with Gasteiger partial charge in [-0.1, -0.05) is 72.2 Å². The molecule has 290 valence electrons. The van der Waals surface area contributed by atoms with Gasteiger partial charge in [-0.15, -0.1) is 0 Å². The molecule has 52 heavy (non-hydrogen) atoms. The number of sulfonamides is 1. The molecule has 3 N–H and O–H groups in total. The fourth-order valence-electron chi connectivity index (χ4n) is 8.75. The molecule has 5 aliphatic rings. The van der Waals surface area contributed by atoms with Crippen molar-refractivity contribution < 1.29 is 37.2 Å². The number of rotatable bonds is 12. The predicted molar refractivity (Wildman–Crippen MR) is 199 cm³/mol. The van der Waals surface area contributed by atoms with Crippen molar-refractivity contribution in [2.24, 2.45) is 22.7 Å². The van der Waals surface area contributed by atoms with Gasteiger partial charge in [-0.2, -0.15) is 0 Å². The van der Waals surface area contributed by atoms with Crippen LogP contribution >= 0.6 is 0 Å². The first-order valence-electron chi connectivity index (χ1n) is 18.8. The molecule has 4 fully saturated rings. The minimum absolute atomic E-state index is 0.0200. The summed E-state index contributed by atoms with van der Waals surface area (Å²) in [6.07, 6.45) is 3.92. The van der Waals surface area contributed by atoms with E-state index in [1.54, 1.807) is 4.90 Å². The first-order chi connectivity index (χ1) is 24.1. The SMILES string of the molecule is CCC[C@H](NC(=O)[C@@H]1C[C@@H](OC(=O)N2Cc3ccccc3C2)CN1C(=O)N[C@H](CN(C)S(C)(=O)=O)C(C)(C)C)B(O)O[C@]1(C)CC[C@@H]2C[C@H]1C2(C)C. The van der Waals surface area contributed by atoms with E-state index in [1.807, 2.05) is 52.0 Å². The van der Waals surface area contributed by atoms with Crippen molar-refractivity contribution in [2.75, 3.05) is 26.4 Å². The van der Waals surface area contributed by atoms with Crippen LogP contribution in [0.25, 0.3) is 0 Å². The number of fused-ring (bicyclic) bond motifs is 3. The van der Waals surface area contributed by atoms with E-state index in [-0.39, 0.29) is 24.9 Å². The quantitative estimate of drug-likeness (QED) is 0.270. The molecule has 3 saturated carbocycles. The molecule has 1 aromatic rings. The lowest BCUT2D eigenvalue weighted by atomic mass is 9.44. The zero-order chi connectivity index (χ0) is 38.4. The van der Waals surface area contributed by atoms with Crippen molar-refractivity contribution in [1.29, 1.82) is 0 Å². The summed E-state index contributed by atoms with van der Waals surface area (Å²) >= 11 is 0. The molecule has 2 aliphatic heterocycles. The van der Waals surface area contributed by atoms with Crippen LogP contribution in [0.15, 0.2) is 24.3 Å². The minimum Gasteiger partial charge on any atom is -0.444 e. The van der Waals surface area contributed by atoms with Gasteiger partial charge in [-0.3, -0.25) is 9.69 Å². The van der Waals surface area contributed by atoms with Crippen LogP contribution in [0.4, 0.5) is 9.59 Å². The van der Waals surface area contributed by atoms with Gasteiger partial charge in [0.25, 0.3) is 0 Å². The Kier molecular flexibility index (Phi) is 11.7. The van der Waals surface area contributed by atoms with E-state index in [9.17, 15) is 27.8 Å². The van der Waals surface area contributed by atoms with E-state index >= 15 is 0 Å². The molecule has 6 rings (SSSR count). The average molecular weight is 746 g/mol. The maximum absolute atomic E-state index is 14.2. The lowest BCUT2D eigenvalue weighted by Crippen LogP contribution is -2.64. The number of nitrogens with one attached hydrogen (secondary N) is 2. The molecule has 2 bridgehead atoms. The molecule has 1 aromatic carbocycles. The Morgan fingerprint density at radius 1 is 1.10 bits per heavy atom. The van der Waals surface area contributed by atoms with Crippen LogP contribution in [0, 0.1) is 22.7 Å². The maximum atomic E-state index is 14.2. The summed E-state index contributed by atoms with van der Waals surface area (Å²) in [6.45, 7) is 15.1. The number of hydrogen-bond donors (Lipinski definition) is 3. The van der Waals surface area contributed by atoms with Crippen LogP contribution in [0.3, 0.4) is 0 Å². The smallest absolute Gasteiger partial charge is 0.444 e. The summed E-state index contributed by atoms with van der Waals surface area (Å²) in [6, 6.07) is 5.59. The van der Waals surface area contributed by atoms with Gasteiger partial charge < -0.3 is 29.9 Å². The Morgan fingerprint density at radius 3 is 2.27 bits per heavy atom. The maximum Gasteiger partial charge on any atom is 0.478 e. The third-order valence-electron chi connectivity index (χ3n) is 12.4. The number of likely N-dealkylation sites (tertiary alicyclic amines) is 1. The molecule has 15 heteroatoms. The summed E-state index contributed by atoms with van der Waals surface area (Å²) in [5.41, 5.74) is 1.15. The summed E-state index contributed by atoms with van der Waals surface area (Å²) in [4.78, 5) is 44.6. The van der Waals surface area contributed by atoms with Gasteiger partial charge >= 0.3 is 19.2 Å². The fraction of sp³-hybridized carbons (Fsp3) is 0.757. The van der Waals surface area contributed by atoms with Crippen molar-refractivity contribution in [3.63, 3.8) is 0 Å². The zero-order valence-corrected chi connectivity index (χ0v) is 33.3. The molecule has 13 nitrogen and oxygen atoms in total. The highest BCUT2D eigenvalue weighted by Gasteiger charge is 2.60. The lowest BCUT2D eigenvalue weighted by molar-refractivity contribution is -0.187. The van der Waals surface area contributed by atoms with Crippen LogP contribution in [-0.4, -0.2) is 109 Å². The number of carbonyl (C=O) groups is 3. The molecule has 1 saturated heterocycles. The Hall–Kier alpha value is -2.88. The topological polar surface area (TPSA) is 158 Å². The van der Waals surface area contributed by atoms with Gasteiger partial charge in [0.1, 0.15) is 12.1 Å². The molecule has 0 spiro atoms. The van der Waals surface area contributed by atoms with E-state index in [0.717, 1.165) is 36.6 Å². The summed E-state index contributed by atoms with van der Waals surface area (Å²) in [5.74, 6) is -0.251. The molecule has 3 aliphatic carbocycles. The standard InChI is InChI=1S/C37H60BN5O8S/c1-10-13-31(38(47)51-37(7)17-16-26-18-29(37)36(26,5)6)40-32(44)28-19-27(50-34(46)42-20-24-14-11-12-15-25(24)21-42)22-43(28)33(45)39-30(35(2,3)4)23-41(8)52(9,48)49/h11-12,14-15,26-31,47H,10,13,16-23H2,1-9H3,(H,39,45)(H,40,44)/t26-,27-,28+,29+,30-,31+,37-/m1/s1. The molecule has 0 aromatic heterocycles.